The van der Waals surface area contributed by atoms with Crippen LogP contribution in [0.2, 0.25) is 0 Å². The number of aromatic nitrogens is 3. The van der Waals surface area contributed by atoms with Crippen LogP contribution >= 0.6 is 0 Å². The van der Waals surface area contributed by atoms with Crippen molar-refractivity contribution in [3.8, 4) is 5.69 Å². The van der Waals surface area contributed by atoms with Crippen LogP contribution in [-0.4, -0.2) is 15.0 Å². The minimum atomic E-state index is 0.469. The van der Waals surface area contributed by atoms with Gasteiger partial charge in [0, 0.05) is 12.5 Å². The predicted molar refractivity (Wildman–Crippen MR) is 75.3 cm³/mol. The van der Waals surface area contributed by atoms with Crippen molar-refractivity contribution in [3.63, 3.8) is 0 Å². The van der Waals surface area contributed by atoms with Gasteiger partial charge in [0.1, 0.15) is 5.69 Å². The van der Waals surface area contributed by atoms with E-state index < -0.39 is 0 Å². The number of rotatable bonds is 3. The van der Waals surface area contributed by atoms with Crippen molar-refractivity contribution < 1.29 is 0 Å². The summed E-state index contributed by atoms with van der Waals surface area (Å²) < 4.78 is 2.00. The Labute approximate surface area is 113 Å². The average Bonchev–Trinajstić information content (AvgIpc) is 2.71. The van der Waals surface area contributed by atoms with Crippen molar-refractivity contribution in [2.75, 3.05) is 0 Å². The van der Waals surface area contributed by atoms with Crippen molar-refractivity contribution >= 4 is 0 Å². The number of nitrogens with two attached hydrogens (primary N) is 1. The number of hydrogen-bond donors (Lipinski definition) is 1. The van der Waals surface area contributed by atoms with Crippen LogP contribution in [-0.2, 0) is 6.54 Å². The highest BCUT2D eigenvalue weighted by molar-refractivity contribution is 5.44. The zero-order chi connectivity index (χ0) is 13.4. The Kier molecular flexibility index (Phi) is 3.11. The van der Waals surface area contributed by atoms with Gasteiger partial charge >= 0.3 is 0 Å². The molecule has 2 N–H and O–H groups in total. The second-order valence-electron chi connectivity index (χ2n) is 5.46. The summed E-state index contributed by atoms with van der Waals surface area (Å²) in [5.74, 6) is 0.578. The van der Waals surface area contributed by atoms with Gasteiger partial charge in [0.15, 0.2) is 0 Å². The predicted octanol–water partition coefficient (Wildman–Crippen LogP) is 2.61. The second kappa shape index (κ2) is 4.78. The summed E-state index contributed by atoms with van der Waals surface area (Å²) in [5.41, 5.74) is 11.6. The summed E-state index contributed by atoms with van der Waals surface area (Å²) in [6, 6.07) is 6.43. The minimum Gasteiger partial charge on any atom is -0.325 e. The molecular formula is C15H20N4. The van der Waals surface area contributed by atoms with E-state index in [2.05, 4.69) is 42.4 Å². The normalized spacial score (nSPS) is 15.5. The minimum absolute atomic E-state index is 0.469. The van der Waals surface area contributed by atoms with Crippen LogP contribution in [0, 0.1) is 13.8 Å². The molecule has 4 heteroatoms. The fourth-order valence-corrected chi connectivity index (χ4v) is 2.78. The summed E-state index contributed by atoms with van der Waals surface area (Å²) >= 11 is 0. The van der Waals surface area contributed by atoms with Gasteiger partial charge in [-0.25, -0.2) is 4.68 Å². The SMILES string of the molecule is Cc1ccc(-n2nnc(CN)c2C2CCC2)c(C)c1. The lowest BCUT2D eigenvalue weighted by atomic mass is 9.82. The third kappa shape index (κ3) is 2.06. The summed E-state index contributed by atoms with van der Waals surface area (Å²) in [4.78, 5) is 0. The van der Waals surface area contributed by atoms with Crippen molar-refractivity contribution in [2.24, 2.45) is 5.73 Å². The van der Waals surface area contributed by atoms with E-state index in [1.54, 1.807) is 0 Å². The van der Waals surface area contributed by atoms with Gasteiger partial charge in [-0.3, -0.25) is 0 Å². The van der Waals surface area contributed by atoms with Gasteiger partial charge in [-0.05, 0) is 38.3 Å². The van der Waals surface area contributed by atoms with E-state index in [0.29, 0.717) is 12.5 Å². The van der Waals surface area contributed by atoms with Crippen molar-refractivity contribution in [1.29, 1.82) is 0 Å². The maximum Gasteiger partial charge on any atom is 0.100 e. The first-order valence-corrected chi connectivity index (χ1v) is 6.93. The smallest absolute Gasteiger partial charge is 0.100 e. The number of benzene rings is 1. The Hall–Kier alpha value is -1.68. The molecule has 1 saturated carbocycles. The topological polar surface area (TPSA) is 56.7 Å². The molecule has 0 unspecified atom stereocenters. The molecule has 3 rings (SSSR count). The number of hydrogen-bond acceptors (Lipinski definition) is 3. The quantitative estimate of drug-likeness (QED) is 0.918. The van der Waals surface area contributed by atoms with E-state index in [9.17, 15) is 0 Å². The standard InChI is InChI=1S/C15H20N4/c1-10-6-7-14(11(2)8-10)19-15(12-4-3-5-12)13(9-16)17-18-19/h6-8,12H,3-5,9,16H2,1-2H3. The zero-order valence-corrected chi connectivity index (χ0v) is 11.6. The summed E-state index contributed by atoms with van der Waals surface area (Å²) in [6.07, 6.45) is 3.75. The molecule has 2 aromatic rings. The maximum absolute atomic E-state index is 5.80. The second-order valence-corrected chi connectivity index (χ2v) is 5.46. The van der Waals surface area contributed by atoms with Gasteiger partial charge in [0.2, 0.25) is 0 Å². The molecule has 0 amide bonds. The van der Waals surface area contributed by atoms with Crippen LogP contribution in [0.25, 0.3) is 5.69 Å². The first kappa shape index (κ1) is 12.4. The van der Waals surface area contributed by atoms with E-state index in [0.717, 1.165) is 11.4 Å². The first-order valence-electron chi connectivity index (χ1n) is 6.93. The lowest BCUT2D eigenvalue weighted by Gasteiger charge is -2.26. The van der Waals surface area contributed by atoms with Gasteiger partial charge in [0.05, 0.1) is 11.4 Å². The maximum atomic E-state index is 5.80. The lowest BCUT2D eigenvalue weighted by Crippen LogP contribution is -2.17. The summed E-state index contributed by atoms with van der Waals surface area (Å²) in [6.45, 7) is 4.70. The molecule has 0 spiro atoms. The molecule has 1 heterocycles. The molecule has 1 aromatic carbocycles. The molecule has 100 valence electrons. The summed E-state index contributed by atoms with van der Waals surface area (Å²) in [5, 5.41) is 8.60. The molecule has 0 aliphatic heterocycles. The van der Waals surface area contributed by atoms with Crippen LogP contribution in [0.1, 0.15) is 47.7 Å². The van der Waals surface area contributed by atoms with E-state index in [1.807, 2.05) is 4.68 Å². The number of aryl methyl sites for hydroxylation is 2. The Morgan fingerprint density at radius 2 is 2.11 bits per heavy atom. The third-order valence-electron chi connectivity index (χ3n) is 4.04. The fraction of sp³-hybridized carbons (Fsp3) is 0.467. The van der Waals surface area contributed by atoms with E-state index >= 15 is 0 Å². The Morgan fingerprint density at radius 1 is 1.32 bits per heavy atom. The molecule has 0 radical (unpaired) electrons. The fourth-order valence-electron chi connectivity index (χ4n) is 2.78. The summed E-state index contributed by atoms with van der Waals surface area (Å²) in [7, 11) is 0. The van der Waals surface area contributed by atoms with Crippen molar-refractivity contribution in [3.05, 3.63) is 40.7 Å². The highest BCUT2D eigenvalue weighted by Gasteiger charge is 2.28. The Bertz CT molecular complexity index is 596. The lowest BCUT2D eigenvalue weighted by molar-refractivity contribution is 0.400. The molecular weight excluding hydrogens is 236 g/mol. The van der Waals surface area contributed by atoms with Crippen LogP contribution in [0.5, 0.6) is 0 Å². The molecule has 1 aliphatic rings. The van der Waals surface area contributed by atoms with E-state index in [-0.39, 0.29) is 0 Å². The van der Waals surface area contributed by atoms with Crippen LogP contribution in [0.15, 0.2) is 18.2 Å². The monoisotopic (exact) mass is 256 g/mol. The van der Waals surface area contributed by atoms with Crippen molar-refractivity contribution in [1.82, 2.24) is 15.0 Å². The molecule has 19 heavy (non-hydrogen) atoms. The molecule has 0 saturated heterocycles. The molecule has 1 aromatic heterocycles. The van der Waals surface area contributed by atoms with Crippen LogP contribution in [0.3, 0.4) is 0 Å². The molecule has 1 aliphatic carbocycles. The Morgan fingerprint density at radius 3 is 2.68 bits per heavy atom. The van der Waals surface area contributed by atoms with Crippen LogP contribution in [0.4, 0.5) is 0 Å². The Balaban J connectivity index is 2.11. The molecule has 4 nitrogen and oxygen atoms in total. The first-order chi connectivity index (χ1) is 9.20. The largest absolute Gasteiger partial charge is 0.325 e. The third-order valence-corrected chi connectivity index (χ3v) is 4.04. The number of nitrogens with zero attached hydrogens (tertiary/aromatic N) is 3. The molecule has 0 bridgehead atoms. The zero-order valence-electron chi connectivity index (χ0n) is 11.6. The van der Waals surface area contributed by atoms with Gasteiger partial charge in [-0.2, -0.15) is 0 Å². The van der Waals surface area contributed by atoms with Gasteiger partial charge < -0.3 is 5.73 Å². The van der Waals surface area contributed by atoms with E-state index in [4.69, 9.17) is 5.73 Å². The van der Waals surface area contributed by atoms with Gasteiger partial charge in [0.25, 0.3) is 0 Å². The molecule has 0 atom stereocenters. The van der Waals surface area contributed by atoms with Gasteiger partial charge in [-0.15, -0.1) is 5.10 Å². The highest BCUT2D eigenvalue weighted by atomic mass is 15.4. The van der Waals surface area contributed by atoms with Gasteiger partial charge in [-0.1, -0.05) is 29.3 Å². The molecule has 1 fully saturated rings. The van der Waals surface area contributed by atoms with Crippen molar-refractivity contribution in [2.45, 2.75) is 45.6 Å². The highest BCUT2D eigenvalue weighted by Crippen LogP contribution is 2.38. The van der Waals surface area contributed by atoms with Crippen LogP contribution < -0.4 is 5.73 Å². The van der Waals surface area contributed by atoms with E-state index in [1.165, 1.54) is 36.1 Å². The average molecular weight is 256 g/mol.